The van der Waals surface area contributed by atoms with Gasteiger partial charge in [0.2, 0.25) is 0 Å². The number of piperazine rings is 1. The number of hydrogen-bond acceptors (Lipinski definition) is 9. The number of halogens is 2. The van der Waals surface area contributed by atoms with Crippen LogP contribution in [0.5, 0.6) is 11.8 Å². The number of hydrogen-bond donors (Lipinski definition) is 2. The summed E-state index contributed by atoms with van der Waals surface area (Å²) in [6.07, 6.45) is 4.23. The van der Waals surface area contributed by atoms with Gasteiger partial charge < -0.3 is 29.5 Å². The molecule has 0 amide bonds. The van der Waals surface area contributed by atoms with Crippen LogP contribution in [0.4, 0.5) is 10.2 Å². The van der Waals surface area contributed by atoms with Gasteiger partial charge in [-0.25, -0.2) is 4.39 Å². The molecule has 5 heterocycles. The fraction of sp³-hybridized carbons (Fsp3) is 0.471. The highest BCUT2D eigenvalue weighted by atomic mass is 35.5. The van der Waals surface area contributed by atoms with E-state index < -0.39 is 5.82 Å². The number of ether oxygens (including phenoxy) is 3. The first-order valence-corrected chi connectivity index (χ1v) is 16.2. The standard InChI is InChI=1S/C34H37ClFN5O4/c1-43-25(15-41-22-8-9-23(41)17-44-16-22)18-45-34-38-32-28(33(39-34)40-13-20-6-7-21(14-40)37-20)12-29(35)30(31(32)36)27-11-24(42)10-19-4-2-3-5-26(19)27/h2-5,10-12,20-23,25,37,42H,6-9,13-18H2,1H3. The van der Waals surface area contributed by atoms with Gasteiger partial charge >= 0.3 is 6.01 Å². The number of morpholine rings is 1. The normalized spacial score (nSPS) is 25.4. The lowest BCUT2D eigenvalue weighted by Gasteiger charge is -2.36. The van der Waals surface area contributed by atoms with Gasteiger partial charge in [-0.1, -0.05) is 35.9 Å². The molecular weight excluding hydrogens is 597 g/mol. The van der Waals surface area contributed by atoms with Gasteiger partial charge in [-0.3, -0.25) is 4.90 Å². The third-order valence-corrected chi connectivity index (χ3v) is 10.3. The zero-order valence-electron chi connectivity index (χ0n) is 25.2. The second kappa shape index (κ2) is 11.8. The van der Waals surface area contributed by atoms with Crippen LogP contribution in [0.2, 0.25) is 5.02 Å². The van der Waals surface area contributed by atoms with Crippen molar-refractivity contribution >= 4 is 39.1 Å². The van der Waals surface area contributed by atoms with Crippen LogP contribution in [0.25, 0.3) is 32.8 Å². The average Bonchev–Trinajstić information content (AvgIpc) is 3.48. The molecule has 4 aliphatic heterocycles. The number of phenolic OH excluding ortho intramolecular Hbond substituents is 1. The number of anilines is 1. The van der Waals surface area contributed by atoms with Crippen molar-refractivity contribution in [1.82, 2.24) is 20.2 Å². The molecule has 4 bridgehead atoms. The second-order valence-electron chi connectivity index (χ2n) is 12.8. The molecule has 0 saturated carbocycles. The zero-order valence-corrected chi connectivity index (χ0v) is 26.0. The van der Waals surface area contributed by atoms with Crippen molar-refractivity contribution in [3.05, 3.63) is 53.3 Å². The molecule has 5 unspecified atom stereocenters. The third-order valence-electron chi connectivity index (χ3n) is 10.0. The molecule has 11 heteroatoms. The molecule has 4 aliphatic rings. The predicted octanol–water partition coefficient (Wildman–Crippen LogP) is 5.15. The van der Waals surface area contributed by atoms with Crippen LogP contribution < -0.4 is 15.0 Å². The Morgan fingerprint density at radius 1 is 1.04 bits per heavy atom. The van der Waals surface area contributed by atoms with Gasteiger partial charge in [0.05, 0.1) is 18.2 Å². The molecule has 2 N–H and O–H groups in total. The molecule has 0 aliphatic carbocycles. The first-order valence-electron chi connectivity index (χ1n) is 15.9. The molecule has 4 aromatic rings. The van der Waals surface area contributed by atoms with Crippen molar-refractivity contribution in [2.24, 2.45) is 0 Å². The summed E-state index contributed by atoms with van der Waals surface area (Å²) < 4.78 is 34.7. The highest BCUT2D eigenvalue weighted by molar-refractivity contribution is 6.35. The van der Waals surface area contributed by atoms with E-state index in [9.17, 15) is 5.11 Å². The van der Waals surface area contributed by atoms with Gasteiger partial charge in [-0.2, -0.15) is 9.97 Å². The number of methoxy groups -OCH3 is 1. The van der Waals surface area contributed by atoms with Crippen LogP contribution in [0.15, 0.2) is 42.5 Å². The molecule has 5 atom stereocenters. The van der Waals surface area contributed by atoms with Crippen LogP contribution in [-0.4, -0.2) is 96.8 Å². The molecule has 0 spiro atoms. The lowest BCUT2D eigenvalue weighted by Crippen LogP contribution is -2.51. The van der Waals surface area contributed by atoms with Crippen LogP contribution in [0.1, 0.15) is 25.7 Å². The van der Waals surface area contributed by atoms with Crippen LogP contribution in [0.3, 0.4) is 0 Å². The van der Waals surface area contributed by atoms with Crippen molar-refractivity contribution in [3.63, 3.8) is 0 Å². The van der Waals surface area contributed by atoms with E-state index >= 15 is 4.39 Å². The fourth-order valence-corrected chi connectivity index (χ4v) is 8.09. The van der Waals surface area contributed by atoms with Crippen LogP contribution >= 0.6 is 11.6 Å². The summed E-state index contributed by atoms with van der Waals surface area (Å²) in [7, 11) is 1.69. The van der Waals surface area contributed by atoms with E-state index in [2.05, 4.69) is 20.1 Å². The first-order chi connectivity index (χ1) is 21.9. The van der Waals surface area contributed by atoms with Gasteiger partial charge in [0.15, 0.2) is 5.82 Å². The van der Waals surface area contributed by atoms with Gasteiger partial charge in [0.1, 0.15) is 29.8 Å². The van der Waals surface area contributed by atoms with E-state index in [4.69, 9.17) is 30.8 Å². The van der Waals surface area contributed by atoms with Crippen LogP contribution in [-0.2, 0) is 9.47 Å². The Kier molecular flexibility index (Phi) is 7.66. The summed E-state index contributed by atoms with van der Waals surface area (Å²) in [6.45, 7) is 3.94. The molecule has 236 valence electrons. The topological polar surface area (TPSA) is 92.2 Å². The first kappa shape index (κ1) is 29.1. The van der Waals surface area contributed by atoms with E-state index in [1.165, 1.54) is 0 Å². The lowest BCUT2D eigenvalue weighted by molar-refractivity contribution is -0.0481. The Labute approximate surface area is 266 Å². The Bertz CT molecular complexity index is 1730. The summed E-state index contributed by atoms with van der Waals surface area (Å²) in [4.78, 5) is 14.2. The monoisotopic (exact) mass is 633 g/mol. The molecule has 8 rings (SSSR count). The molecule has 4 saturated heterocycles. The highest BCUT2D eigenvalue weighted by Crippen LogP contribution is 2.43. The quantitative estimate of drug-likeness (QED) is 0.273. The number of nitrogens with zero attached hydrogens (tertiary/aromatic N) is 4. The molecule has 1 aromatic heterocycles. The lowest BCUT2D eigenvalue weighted by atomic mass is 9.96. The van der Waals surface area contributed by atoms with E-state index in [1.54, 1.807) is 25.3 Å². The second-order valence-corrected chi connectivity index (χ2v) is 13.2. The maximum absolute atomic E-state index is 16.8. The van der Waals surface area contributed by atoms with Gasteiger partial charge in [-0.15, -0.1) is 0 Å². The average molecular weight is 634 g/mol. The van der Waals surface area contributed by atoms with E-state index in [0.717, 1.165) is 69.3 Å². The summed E-state index contributed by atoms with van der Waals surface area (Å²) >= 11 is 6.89. The zero-order chi connectivity index (χ0) is 30.7. The van der Waals surface area contributed by atoms with Crippen molar-refractivity contribution in [1.29, 1.82) is 0 Å². The summed E-state index contributed by atoms with van der Waals surface area (Å²) in [5.41, 5.74) is 0.815. The molecule has 4 fully saturated rings. The van der Waals surface area contributed by atoms with Crippen LogP contribution in [0, 0.1) is 5.82 Å². The molecule has 45 heavy (non-hydrogen) atoms. The third kappa shape index (κ3) is 5.36. The number of nitrogens with one attached hydrogen (secondary N) is 1. The van der Waals surface area contributed by atoms with Gasteiger partial charge in [0.25, 0.3) is 0 Å². The van der Waals surface area contributed by atoms with E-state index in [0.29, 0.717) is 40.9 Å². The maximum Gasteiger partial charge on any atom is 0.319 e. The number of benzene rings is 3. The smallest absolute Gasteiger partial charge is 0.319 e. The molecule has 0 radical (unpaired) electrons. The SMILES string of the molecule is COC(COc1nc(N2CC3CCC(C2)N3)c2cc(Cl)c(-c3cc(O)cc4ccccc34)c(F)c2n1)CN1C2CCC1COC2. The van der Waals surface area contributed by atoms with Crippen molar-refractivity contribution in [2.75, 3.05) is 51.5 Å². The van der Waals surface area contributed by atoms with Crippen molar-refractivity contribution in [2.45, 2.75) is 56.0 Å². The van der Waals surface area contributed by atoms with Gasteiger partial charge in [0, 0.05) is 61.9 Å². The molecular formula is C34H37ClFN5O4. The highest BCUT2D eigenvalue weighted by Gasteiger charge is 2.39. The Balaban J connectivity index is 1.19. The maximum atomic E-state index is 16.8. The summed E-state index contributed by atoms with van der Waals surface area (Å²) in [6, 6.07) is 14.1. The predicted molar refractivity (Wildman–Crippen MR) is 172 cm³/mol. The molecule has 9 nitrogen and oxygen atoms in total. The van der Waals surface area contributed by atoms with E-state index in [-0.39, 0.29) is 40.6 Å². The minimum atomic E-state index is -0.576. The Morgan fingerprint density at radius 2 is 1.80 bits per heavy atom. The Morgan fingerprint density at radius 3 is 2.56 bits per heavy atom. The summed E-state index contributed by atoms with van der Waals surface area (Å²) in [5.74, 6) is 0.0667. The van der Waals surface area contributed by atoms with Gasteiger partial charge in [-0.05, 0) is 60.2 Å². The molecule has 3 aromatic carbocycles. The number of phenols is 1. The fourth-order valence-electron chi connectivity index (χ4n) is 7.79. The van der Waals surface area contributed by atoms with E-state index in [1.807, 2.05) is 24.3 Å². The number of aromatic hydroxyl groups is 1. The number of aromatic nitrogens is 2. The Hall–Kier alpha value is -3.28. The number of rotatable bonds is 8. The minimum Gasteiger partial charge on any atom is -0.508 e. The minimum absolute atomic E-state index is 0.0299. The largest absolute Gasteiger partial charge is 0.508 e. The van der Waals surface area contributed by atoms with Crippen molar-refractivity contribution < 1.29 is 23.7 Å². The van der Waals surface area contributed by atoms with Crippen molar-refractivity contribution in [3.8, 4) is 22.9 Å². The summed E-state index contributed by atoms with van der Waals surface area (Å²) in [5, 5.41) is 16.5. The number of fused-ring (bicyclic) bond motifs is 6.